The quantitative estimate of drug-likeness (QED) is 0.249. The van der Waals surface area contributed by atoms with Crippen LogP contribution in [-0.4, -0.2) is 29.9 Å². The van der Waals surface area contributed by atoms with Gasteiger partial charge < -0.3 is 9.97 Å². The van der Waals surface area contributed by atoms with E-state index in [1.54, 1.807) is 0 Å². The van der Waals surface area contributed by atoms with E-state index < -0.39 is 0 Å². The fourth-order valence-electron chi connectivity index (χ4n) is 4.84. The van der Waals surface area contributed by atoms with Gasteiger partial charge in [-0.2, -0.15) is 0 Å². The van der Waals surface area contributed by atoms with E-state index in [-0.39, 0.29) is 0 Å². The number of aromatic nitrogens is 6. The van der Waals surface area contributed by atoms with Crippen LogP contribution in [0.15, 0.2) is 97.1 Å². The Morgan fingerprint density at radius 1 is 0.395 bits per heavy atom. The summed E-state index contributed by atoms with van der Waals surface area (Å²) in [5, 5.41) is 2.10. The molecular formula is C32H24N6. The molecule has 0 aliphatic carbocycles. The van der Waals surface area contributed by atoms with E-state index >= 15 is 0 Å². The second-order valence-corrected chi connectivity index (χ2v) is 9.50. The highest BCUT2D eigenvalue weighted by Gasteiger charge is 2.12. The molecule has 6 aromatic heterocycles. The van der Waals surface area contributed by atoms with Crippen molar-refractivity contribution in [3.63, 3.8) is 0 Å². The minimum atomic E-state index is 0.865. The second-order valence-electron chi connectivity index (χ2n) is 9.50. The van der Waals surface area contributed by atoms with Crippen molar-refractivity contribution in [3.05, 3.63) is 108 Å². The molecule has 0 atom stereocenters. The Kier molecular flexibility index (Phi) is 5.11. The summed E-state index contributed by atoms with van der Waals surface area (Å²) in [5.74, 6) is 0. The van der Waals surface area contributed by atoms with E-state index in [0.29, 0.717) is 0 Å². The standard InChI is InChI=1S/C32H24N6/c1-19-5-3-7-23(33-19)25-15-17-27(35-25)29-13-11-21-9-10-22-12-14-30(38-32(22)31(21)37-29)28-18-16-26(36-28)24-8-4-6-20(2)34-24/h3-18,35-36H,1-2H3. The predicted molar refractivity (Wildman–Crippen MR) is 153 cm³/mol. The number of H-pyrrole nitrogens is 2. The Morgan fingerprint density at radius 2 is 0.763 bits per heavy atom. The van der Waals surface area contributed by atoms with Gasteiger partial charge in [-0.15, -0.1) is 0 Å². The van der Waals surface area contributed by atoms with Crippen molar-refractivity contribution in [1.29, 1.82) is 0 Å². The van der Waals surface area contributed by atoms with Crippen LogP contribution in [0.3, 0.4) is 0 Å². The zero-order chi connectivity index (χ0) is 25.6. The number of aryl methyl sites for hydroxylation is 2. The average Bonchev–Trinajstić information content (AvgIpc) is 3.63. The number of benzene rings is 1. The molecule has 6 heteroatoms. The lowest BCUT2D eigenvalue weighted by molar-refractivity contribution is 1.19. The molecular weight excluding hydrogens is 468 g/mol. The van der Waals surface area contributed by atoms with Crippen LogP contribution in [0.2, 0.25) is 0 Å². The highest BCUT2D eigenvalue weighted by Crippen LogP contribution is 2.30. The highest BCUT2D eigenvalue weighted by atomic mass is 14.9. The molecule has 2 N–H and O–H groups in total. The van der Waals surface area contributed by atoms with Gasteiger partial charge in [0.05, 0.1) is 56.6 Å². The third-order valence-electron chi connectivity index (χ3n) is 6.77. The Balaban J connectivity index is 1.30. The van der Waals surface area contributed by atoms with Crippen molar-refractivity contribution >= 4 is 21.8 Å². The van der Waals surface area contributed by atoms with Crippen molar-refractivity contribution in [3.8, 4) is 45.6 Å². The van der Waals surface area contributed by atoms with Gasteiger partial charge in [-0.25, -0.2) is 9.97 Å². The van der Waals surface area contributed by atoms with Gasteiger partial charge in [0.15, 0.2) is 0 Å². The lowest BCUT2D eigenvalue weighted by Crippen LogP contribution is -1.92. The van der Waals surface area contributed by atoms with Gasteiger partial charge in [0.1, 0.15) is 0 Å². The Labute approximate surface area is 219 Å². The molecule has 0 saturated heterocycles. The number of fused-ring (bicyclic) bond motifs is 3. The Morgan fingerprint density at radius 3 is 1.16 bits per heavy atom. The monoisotopic (exact) mass is 492 g/mol. The first-order chi connectivity index (χ1) is 18.6. The molecule has 0 aliphatic rings. The van der Waals surface area contributed by atoms with E-state index in [1.165, 1.54) is 0 Å². The largest absolute Gasteiger partial charge is 0.352 e. The lowest BCUT2D eigenvalue weighted by atomic mass is 10.1. The molecule has 0 unspecified atom stereocenters. The Bertz CT molecular complexity index is 1820. The van der Waals surface area contributed by atoms with Gasteiger partial charge in [0.2, 0.25) is 0 Å². The number of pyridine rings is 4. The molecule has 1 aromatic carbocycles. The summed E-state index contributed by atoms with van der Waals surface area (Å²) < 4.78 is 0. The minimum absolute atomic E-state index is 0.865. The summed E-state index contributed by atoms with van der Waals surface area (Å²) in [7, 11) is 0. The number of nitrogens with zero attached hydrogens (tertiary/aromatic N) is 4. The van der Waals surface area contributed by atoms with E-state index in [0.717, 1.165) is 78.7 Å². The first kappa shape index (κ1) is 22.1. The average molecular weight is 493 g/mol. The van der Waals surface area contributed by atoms with Crippen molar-refractivity contribution in [1.82, 2.24) is 29.9 Å². The van der Waals surface area contributed by atoms with Crippen LogP contribution in [0.5, 0.6) is 0 Å². The molecule has 0 fully saturated rings. The van der Waals surface area contributed by atoms with Crippen molar-refractivity contribution in [2.75, 3.05) is 0 Å². The van der Waals surface area contributed by atoms with Crippen LogP contribution in [-0.2, 0) is 0 Å². The summed E-state index contributed by atoms with van der Waals surface area (Å²) in [4.78, 5) is 26.4. The van der Waals surface area contributed by atoms with Gasteiger partial charge >= 0.3 is 0 Å². The zero-order valence-corrected chi connectivity index (χ0v) is 21.0. The molecule has 0 bridgehead atoms. The molecule has 6 nitrogen and oxygen atoms in total. The normalized spacial score (nSPS) is 11.4. The summed E-state index contributed by atoms with van der Waals surface area (Å²) in [6, 6.07) is 32.8. The molecule has 6 heterocycles. The molecule has 7 aromatic rings. The summed E-state index contributed by atoms with van der Waals surface area (Å²) in [6.07, 6.45) is 0. The smallest absolute Gasteiger partial charge is 0.0973 e. The van der Waals surface area contributed by atoms with Gasteiger partial charge in [0.25, 0.3) is 0 Å². The fourth-order valence-corrected chi connectivity index (χ4v) is 4.84. The van der Waals surface area contributed by atoms with Gasteiger partial charge in [-0.1, -0.05) is 36.4 Å². The van der Waals surface area contributed by atoms with E-state index in [4.69, 9.17) is 9.97 Å². The van der Waals surface area contributed by atoms with E-state index in [9.17, 15) is 0 Å². The molecule has 7 rings (SSSR count). The maximum atomic E-state index is 5.06. The van der Waals surface area contributed by atoms with Crippen LogP contribution in [0.1, 0.15) is 11.4 Å². The highest BCUT2D eigenvalue weighted by molar-refractivity contribution is 6.04. The first-order valence-electron chi connectivity index (χ1n) is 12.6. The first-order valence-corrected chi connectivity index (χ1v) is 12.6. The van der Waals surface area contributed by atoms with Gasteiger partial charge in [0, 0.05) is 22.2 Å². The minimum Gasteiger partial charge on any atom is -0.352 e. The maximum absolute atomic E-state index is 5.06. The summed E-state index contributed by atoms with van der Waals surface area (Å²) >= 11 is 0. The molecule has 0 saturated carbocycles. The molecule has 0 radical (unpaired) electrons. The maximum Gasteiger partial charge on any atom is 0.0973 e. The van der Waals surface area contributed by atoms with Crippen LogP contribution in [0, 0.1) is 13.8 Å². The van der Waals surface area contributed by atoms with Gasteiger partial charge in [-0.3, -0.25) is 9.97 Å². The van der Waals surface area contributed by atoms with Crippen LogP contribution < -0.4 is 0 Å². The number of nitrogens with one attached hydrogen (secondary N) is 2. The van der Waals surface area contributed by atoms with Crippen molar-refractivity contribution < 1.29 is 0 Å². The summed E-state index contributed by atoms with van der Waals surface area (Å²) in [5.41, 5.74) is 11.1. The number of hydrogen-bond donors (Lipinski definition) is 2. The molecule has 0 aliphatic heterocycles. The van der Waals surface area contributed by atoms with Crippen molar-refractivity contribution in [2.45, 2.75) is 13.8 Å². The third-order valence-corrected chi connectivity index (χ3v) is 6.77. The zero-order valence-electron chi connectivity index (χ0n) is 21.0. The van der Waals surface area contributed by atoms with E-state index in [2.05, 4.69) is 56.3 Å². The van der Waals surface area contributed by atoms with Crippen molar-refractivity contribution in [2.24, 2.45) is 0 Å². The van der Waals surface area contributed by atoms with Crippen LogP contribution in [0.4, 0.5) is 0 Å². The third kappa shape index (κ3) is 3.92. The molecule has 0 spiro atoms. The Hall–Kier alpha value is -5.10. The van der Waals surface area contributed by atoms with E-state index in [1.807, 2.05) is 74.5 Å². The fraction of sp³-hybridized carbons (Fsp3) is 0.0625. The van der Waals surface area contributed by atoms with Gasteiger partial charge in [-0.05, 0) is 74.5 Å². The van der Waals surface area contributed by atoms with Crippen LogP contribution >= 0.6 is 0 Å². The predicted octanol–water partition coefficient (Wildman–Crippen LogP) is 7.51. The summed E-state index contributed by atoms with van der Waals surface area (Å²) in [6.45, 7) is 4.00. The SMILES string of the molecule is Cc1cccc(-c2ccc(-c3ccc4ccc5ccc(-c6ccc(-c7cccc(C)n7)[nH]6)nc5c4n3)[nH]2)n1. The second kappa shape index (κ2) is 8.78. The number of hydrogen-bond acceptors (Lipinski definition) is 4. The molecule has 0 amide bonds. The lowest BCUT2D eigenvalue weighted by Gasteiger charge is -2.07. The number of aromatic amines is 2. The molecule has 38 heavy (non-hydrogen) atoms. The topological polar surface area (TPSA) is 83.1 Å². The molecule has 182 valence electrons. The number of rotatable bonds is 4. The van der Waals surface area contributed by atoms with Crippen LogP contribution in [0.25, 0.3) is 67.4 Å².